The Hall–Kier alpha value is -1.10. The van der Waals surface area contributed by atoms with Crippen molar-refractivity contribution in [2.75, 3.05) is 6.54 Å². The summed E-state index contributed by atoms with van der Waals surface area (Å²) in [6.45, 7) is 0.622. The fraction of sp³-hybridized carbons (Fsp3) is 0.333. The second-order valence-electron chi connectivity index (χ2n) is 3.92. The van der Waals surface area contributed by atoms with E-state index < -0.39 is 0 Å². The molecular formula is C12H13Cl2N3O. The average molecular weight is 286 g/mol. The minimum Gasteiger partial charge on any atom is -0.339 e. The molecule has 18 heavy (non-hydrogen) atoms. The number of benzene rings is 1. The number of rotatable bonds is 5. The lowest BCUT2D eigenvalue weighted by atomic mass is 10.1. The SMILES string of the molecule is NCCCc1noc(Cc2ccc(Cl)c(Cl)c2)n1. The fourth-order valence-electron chi connectivity index (χ4n) is 1.55. The van der Waals surface area contributed by atoms with Crippen molar-refractivity contribution in [1.29, 1.82) is 0 Å². The molecule has 0 amide bonds. The summed E-state index contributed by atoms with van der Waals surface area (Å²) in [5.41, 5.74) is 6.41. The van der Waals surface area contributed by atoms with Crippen LogP contribution in [-0.2, 0) is 12.8 Å². The predicted octanol–water partition coefficient (Wildman–Crippen LogP) is 2.86. The van der Waals surface area contributed by atoms with Gasteiger partial charge in [0.05, 0.1) is 16.5 Å². The molecule has 1 heterocycles. The van der Waals surface area contributed by atoms with Gasteiger partial charge in [0.2, 0.25) is 5.89 Å². The molecule has 0 saturated heterocycles. The average Bonchev–Trinajstić information content (AvgIpc) is 2.79. The highest BCUT2D eigenvalue weighted by Crippen LogP contribution is 2.23. The van der Waals surface area contributed by atoms with Crippen LogP contribution in [0.15, 0.2) is 22.7 Å². The van der Waals surface area contributed by atoms with Gasteiger partial charge in [-0.25, -0.2) is 0 Å². The van der Waals surface area contributed by atoms with Gasteiger partial charge in [-0.1, -0.05) is 34.4 Å². The van der Waals surface area contributed by atoms with E-state index >= 15 is 0 Å². The normalized spacial score (nSPS) is 10.8. The molecule has 0 saturated carbocycles. The Balaban J connectivity index is 2.04. The zero-order valence-corrected chi connectivity index (χ0v) is 11.2. The Labute approximate surface area is 115 Å². The molecule has 0 aliphatic carbocycles. The van der Waals surface area contributed by atoms with Gasteiger partial charge in [-0.3, -0.25) is 0 Å². The van der Waals surface area contributed by atoms with Crippen molar-refractivity contribution in [3.63, 3.8) is 0 Å². The van der Waals surface area contributed by atoms with Gasteiger partial charge in [-0.15, -0.1) is 0 Å². The molecule has 2 aromatic rings. The van der Waals surface area contributed by atoms with E-state index in [1.54, 1.807) is 12.1 Å². The molecule has 1 aromatic heterocycles. The van der Waals surface area contributed by atoms with Gasteiger partial charge in [0, 0.05) is 6.42 Å². The second kappa shape index (κ2) is 6.18. The third-order valence-corrected chi connectivity index (χ3v) is 3.19. The molecule has 0 aliphatic rings. The Kier molecular flexibility index (Phi) is 4.58. The molecule has 0 radical (unpaired) electrons. The van der Waals surface area contributed by atoms with E-state index in [0.717, 1.165) is 18.4 Å². The molecule has 1 aromatic carbocycles. The summed E-state index contributed by atoms with van der Waals surface area (Å²) in [5.74, 6) is 1.26. The van der Waals surface area contributed by atoms with Gasteiger partial charge in [0.15, 0.2) is 5.82 Å². The van der Waals surface area contributed by atoms with Crippen LogP contribution in [0, 0.1) is 0 Å². The molecule has 0 unspecified atom stereocenters. The van der Waals surface area contributed by atoms with E-state index in [4.69, 9.17) is 33.5 Å². The first-order valence-corrected chi connectivity index (χ1v) is 6.40. The maximum atomic E-state index is 5.94. The summed E-state index contributed by atoms with van der Waals surface area (Å²) in [7, 11) is 0. The van der Waals surface area contributed by atoms with Crippen molar-refractivity contribution in [1.82, 2.24) is 10.1 Å². The minimum absolute atomic E-state index is 0.525. The molecule has 0 aliphatic heterocycles. The van der Waals surface area contributed by atoms with Crippen LogP contribution in [0.4, 0.5) is 0 Å². The van der Waals surface area contributed by atoms with Crippen molar-refractivity contribution in [2.45, 2.75) is 19.3 Å². The fourth-order valence-corrected chi connectivity index (χ4v) is 1.87. The second-order valence-corrected chi connectivity index (χ2v) is 4.74. The van der Waals surface area contributed by atoms with Gasteiger partial charge in [-0.2, -0.15) is 4.98 Å². The minimum atomic E-state index is 0.525. The molecule has 0 bridgehead atoms. The van der Waals surface area contributed by atoms with Crippen LogP contribution in [-0.4, -0.2) is 16.7 Å². The van der Waals surface area contributed by atoms with Gasteiger partial charge >= 0.3 is 0 Å². The predicted molar refractivity (Wildman–Crippen MR) is 70.9 cm³/mol. The van der Waals surface area contributed by atoms with Crippen molar-refractivity contribution >= 4 is 23.2 Å². The summed E-state index contributed by atoms with van der Waals surface area (Å²) in [4.78, 5) is 4.29. The largest absolute Gasteiger partial charge is 0.339 e. The van der Waals surface area contributed by atoms with Crippen molar-refractivity contribution in [2.24, 2.45) is 5.73 Å². The third kappa shape index (κ3) is 3.45. The number of nitrogens with zero attached hydrogens (tertiary/aromatic N) is 2. The number of halogens is 2. The molecular weight excluding hydrogens is 273 g/mol. The van der Waals surface area contributed by atoms with Crippen LogP contribution >= 0.6 is 23.2 Å². The van der Waals surface area contributed by atoms with Gasteiger partial charge in [-0.05, 0) is 30.7 Å². The maximum absolute atomic E-state index is 5.94. The van der Waals surface area contributed by atoms with E-state index in [1.807, 2.05) is 6.07 Å². The van der Waals surface area contributed by atoms with E-state index in [1.165, 1.54) is 0 Å². The summed E-state index contributed by atoms with van der Waals surface area (Å²) in [5, 5.41) is 4.95. The summed E-state index contributed by atoms with van der Waals surface area (Å²) in [6.07, 6.45) is 2.14. The first-order valence-electron chi connectivity index (χ1n) is 5.64. The van der Waals surface area contributed by atoms with Crippen molar-refractivity contribution in [3.8, 4) is 0 Å². The van der Waals surface area contributed by atoms with Crippen LogP contribution in [0.25, 0.3) is 0 Å². The maximum Gasteiger partial charge on any atom is 0.231 e. The number of hydrogen-bond acceptors (Lipinski definition) is 4. The van der Waals surface area contributed by atoms with Crippen LogP contribution in [0.2, 0.25) is 10.0 Å². The van der Waals surface area contributed by atoms with E-state index in [9.17, 15) is 0 Å². The molecule has 0 atom stereocenters. The number of aryl methyl sites for hydroxylation is 1. The van der Waals surface area contributed by atoms with Crippen LogP contribution in [0.1, 0.15) is 23.7 Å². The van der Waals surface area contributed by atoms with E-state index in [-0.39, 0.29) is 0 Å². The number of aromatic nitrogens is 2. The summed E-state index contributed by atoms with van der Waals surface area (Å²) < 4.78 is 5.16. The monoisotopic (exact) mass is 285 g/mol. The zero-order valence-electron chi connectivity index (χ0n) is 9.70. The third-order valence-electron chi connectivity index (χ3n) is 2.45. The highest BCUT2D eigenvalue weighted by Gasteiger charge is 2.08. The smallest absolute Gasteiger partial charge is 0.231 e. The lowest BCUT2D eigenvalue weighted by molar-refractivity contribution is 0.379. The number of nitrogens with two attached hydrogens (primary N) is 1. The molecule has 2 N–H and O–H groups in total. The van der Waals surface area contributed by atoms with Crippen LogP contribution in [0.3, 0.4) is 0 Å². The summed E-state index contributed by atoms with van der Waals surface area (Å²) in [6, 6.07) is 5.44. The molecule has 2 rings (SSSR count). The standard InChI is InChI=1S/C12H13Cl2N3O/c13-9-4-3-8(6-10(9)14)7-12-16-11(17-18-12)2-1-5-15/h3-4,6H,1-2,5,7,15H2. The van der Waals surface area contributed by atoms with Gasteiger partial charge in [0.25, 0.3) is 0 Å². The van der Waals surface area contributed by atoms with Gasteiger partial charge < -0.3 is 10.3 Å². The van der Waals surface area contributed by atoms with Crippen molar-refractivity contribution < 1.29 is 4.52 Å². The van der Waals surface area contributed by atoms with Crippen LogP contribution in [0.5, 0.6) is 0 Å². The molecule has 6 heteroatoms. The van der Waals surface area contributed by atoms with Crippen LogP contribution < -0.4 is 5.73 Å². The topological polar surface area (TPSA) is 64.9 Å². The Morgan fingerprint density at radius 1 is 1.22 bits per heavy atom. The molecule has 0 spiro atoms. The molecule has 4 nitrogen and oxygen atoms in total. The summed E-state index contributed by atoms with van der Waals surface area (Å²) >= 11 is 11.8. The number of hydrogen-bond donors (Lipinski definition) is 1. The highest BCUT2D eigenvalue weighted by molar-refractivity contribution is 6.42. The first-order chi connectivity index (χ1) is 8.69. The Bertz CT molecular complexity index is 528. The quantitative estimate of drug-likeness (QED) is 0.917. The molecule has 96 valence electrons. The Morgan fingerprint density at radius 2 is 2.06 bits per heavy atom. The van der Waals surface area contributed by atoms with Gasteiger partial charge in [0.1, 0.15) is 0 Å². The van der Waals surface area contributed by atoms with E-state index in [0.29, 0.717) is 34.7 Å². The lowest BCUT2D eigenvalue weighted by Crippen LogP contribution is -2.01. The van der Waals surface area contributed by atoms with Crippen molar-refractivity contribution in [3.05, 3.63) is 45.5 Å². The Morgan fingerprint density at radius 3 is 2.78 bits per heavy atom. The lowest BCUT2D eigenvalue weighted by Gasteiger charge is -1.99. The van der Waals surface area contributed by atoms with E-state index in [2.05, 4.69) is 10.1 Å². The molecule has 0 fully saturated rings. The highest BCUT2D eigenvalue weighted by atomic mass is 35.5. The zero-order chi connectivity index (χ0) is 13.0. The first kappa shape index (κ1) is 13.3.